The molecule has 64 valence electrons. The Labute approximate surface area is 69.1 Å². The van der Waals surface area contributed by atoms with Crippen LogP contribution in [0.2, 0.25) is 0 Å². The molecule has 0 aromatic rings. The molecule has 0 aromatic carbocycles. The molecule has 1 heteroatoms. The van der Waals surface area contributed by atoms with Crippen LogP contribution in [0.15, 0.2) is 12.2 Å². The Hall–Kier alpha value is -0.300. The van der Waals surface area contributed by atoms with E-state index in [1.165, 1.54) is 18.4 Å². The van der Waals surface area contributed by atoms with Crippen LogP contribution < -0.4 is 0 Å². The van der Waals surface area contributed by atoms with E-state index in [2.05, 4.69) is 13.5 Å². The summed E-state index contributed by atoms with van der Waals surface area (Å²) in [6.45, 7) is 5.96. The maximum Gasteiger partial charge on any atom is 0.0543 e. The van der Waals surface area contributed by atoms with Crippen molar-refractivity contribution >= 4 is 0 Å². The van der Waals surface area contributed by atoms with Crippen LogP contribution in [0.3, 0.4) is 0 Å². The molecule has 0 aromatic heterocycles. The normalized spacial score (nSPS) is 31.8. The molecule has 11 heavy (non-hydrogen) atoms. The molecule has 0 aliphatic heterocycles. The van der Waals surface area contributed by atoms with Crippen molar-refractivity contribution in [2.24, 2.45) is 5.92 Å². The largest absolute Gasteiger partial charge is 0.393 e. The van der Waals surface area contributed by atoms with Crippen LogP contribution in [-0.2, 0) is 0 Å². The van der Waals surface area contributed by atoms with Gasteiger partial charge in [-0.25, -0.2) is 0 Å². The quantitative estimate of drug-likeness (QED) is 0.606. The lowest BCUT2D eigenvalue weighted by Gasteiger charge is -2.25. The van der Waals surface area contributed by atoms with Crippen LogP contribution in [0, 0.1) is 5.92 Å². The molecule has 1 saturated carbocycles. The molecule has 1 fully saturated rings. The number of allylic oxidation sites excluding steroid dienone is 1. The average molecular weight is 154 g/mol. The summed E-state index contributed by atoms with van der Waals surface area (Å²) in [4.78, 5) is 0. The topological polar surface area (TPSA) is 20.2 Å². The lowest BCUT2D eigenvalue weighted by molar-refractivity contribution is 0.101. The van der Waals surface area contributed by atoms with Crippen molar-refractivity contribution < 1.29 is 5.11 Å². The van der Waals surface area contributed by atoms with Gasteiger partial charge in [-0.3, -0.25) is 0 Å². The molecular weight excluding hydrogens is 136 g/mol. The van der Waals surface area contributed by atoms with Gasteiger partial charge in [0.25, 0.3) is 0 Å². The molecular formula is C10H18O. The van der Waals surface area contributed by atoms with E-state index in [-0.39, 0.29) is 6.10 Å². The number of aliphatic hydroxyl groups is 1. The Kier molecular flexibility index (Phi) is 3.13. The summed E-state index contributed by atoms with van der Waals surface area (Å²) >= 11 is 0. The molecule has 1 rings (SSSR count). The van der Waals surface area contributed by atoms with Gasteiger partial charge >= 0.3 is 0 Å². The Morgan fingerprint density at radius 3 is 2.82 bits per heavy atom. The van der Waals surface area contributed by atoms with Gasteiger partial charge in [-0.15, -0.1) is 6.58 Å². The van der Waals surface area contributed by atoms with E-state index in [0.29, 0.717) is 5.92 Å². The van der Waals surface area contributed by atoms with Crippen molar-refractivity contribution in [1.82, 2.24) is 0 Å². The van der Waals surface area contributed by atoms with Crippen LogP contribution >= 0.6 is 0 Å². The van der Waals surface area contributed by atoms with Crippen LogP contribution in [0.1, 0.15) is 39.0 Å². The second-order valence-electron chi connectivity index (χ2n) is 3.85. The zero-order valence-corrected chi connectivity index (χ0v) is 7.34. The first-order valence-corrected chi connectivity index (χ1v) is 4.51. The first-order chi connectivity index (χ1) is 5.18. The van der Waals surface area contributed by atoms with E-state index in [1.54, 1.807) is 0 Å². The summed E-state index contributed by atoms with van der Waals surface area (Å²) in [6.07, 6.45) is 5.55. The van der Waals surface area contributed by atoms with E-state index >= 15 is 0 Å². The number of rotatable bonds is 2. The highest BCUT2D eigenvalue weighted by Crippen LogP contribution is 2.28. The highest BCUT2D eigenvalue weighted by Gasteiger charge is 2.19. The number of aliphatic hydroxyl groups excluding tert-OH is 1. The second kappa shape index (κ2) is 3.91. The SMILES string of the molecule is C=C(C)CC1CCCC(O)C1. The smallest absolute Gasteiger partial charge is 0.0543 e. The third-order valence-corrected chi connectivity index (χ3v) is 2.39. The van der Waals surface area contributed by atoms with Crippen molar-refractivity contribution in [3.63, 3.8) is 0 Å². The molecule has 1 N–H and O–H groups in total. The van der Waals surface area contributed by atoms with Gasteiger partial charge in [0.1, 0.15) is 0 Å². The lowest BCUT2D eigenvalue weighted by Crippen LogP contribution is -2.19. The fourth-order valence-electron chi connectivity index (χ4n) is 1.94. The molecule has 2 atom stereocenters. The third kappa shape index (κ3) is 3.06. The van der Waals surface area contributed by atoms with Crippen molar-refractivity contribution in [2.45, 2.75) is 45.1 Å². The first kappa shape index (κ1) is 8.79. The molecule has 0 heterocycles. The minimum absolute atomic E-state index is 0.0342. The fraction of sp³-hybridized carbons (Fsp3) is 0.800. The van der Waals surface area contributed by atoms with E-state index in [1.807, 2.05) is 0 Å². The Balaban J connectivity index is 2.28. The molecule has 0 saturated heterocycles. The second-order valence-corrected chi connectivity index (χ2v) is 3.85. The number of hydrogen-bond acceptors (Lipinski definition) is 1. The van der Waals surface area contributed by atoms with Gasteiger partial charge in [-0.1, -0.05) is 12.0 Å². The predicted octanol–water partition coefficient (Wildman–Crippen LogP) is 2.50. The van der Waals surface area contributed by atoms with Crippen molar-refractivity contribution in [1.29, 1.82) is 0 Å². The summed E-state index contributed by atoms with van der Waals surface area (Å²) in [6, 6.07) is 0. The first-order valence-electron chi connectivity index (χ1n) is 4.51. The summed E-state index contributed by atoms with van der Waals surface area (Å²) in [5.74, 6) is 0.705. The lowest BCUT2D eigenvalue weighted by atomic mass is 9.84. The van der Waals surface area contributed by atoms with Gasteiger partial charge < -0.3 is 5.11 Å². The van der Waals surface area contributed by atoms with Crippen molar-refractivity contribution in [3.8, 4) is 0 Å². The Morgan fingerprint density at radius 2 is 2.27 bits per heavy atom. The highest BCUT2D eigenvalue weighted by atomic mass is 16.3. The van der Waals surface area contributed by atoms with E-state index < -0.39 is 0 Å². The zero-order valence-electron chi connectivity index (χ0n) is 7.34. The Bertz CT molecular complexity index is 140. The summed E-state index contributed by atoms with van der Waals surface area (Å²) in [5, 5.41) is 9.36. The zero-order chi connectivity index (χ0) is 8.27. The van der Waals surface area contributed by atoms with Gasteiger partial charge in [0, 0.05) is 0 Å². The monoisotopic (exact) mass is 154 g/mol. The minimum atomic E-state index is -0.0342. The molecule has 2 unspecified atom stereocenters. The van der Waals surface area contributed by atoms with Crippen LogP contribution in [0.25, 0.3) is 0 Å². The maximum atomic E-state index is 9.36. The third-order valence-electron chi connectivity index (χ3n) is 2.39. The van der Waals surface area contributed by atoms with Crippen LogP contribution in [-0.4, -0.2) is 11.2 Å². The van der Waals surface area contributed by atoms with Gasteiger partial charge in [0.05, 0.1) is 6.10 Å². The van der Waals surface area contributed by atoms with Gasteiger partial charge in [0.2, 0.25) is 0 Å². The van der Waals surface area contributed by atoms with Crippen LogP contribution in [0.4, 0.5) is 0 Å². The van der Waals surface area contributed by atoms with Gasteiger partial charge in [0.15, 0.2) is 0 Å². The van der Waals surface area contributed by atoms with Gasteiger partial charge in [-0.2, -0.15) is 0 Å². The molecule has 0 radical (unpaired) electrons. The van der Waals surface area contributed by atoms with E-state index in [0.717, 1.165) is 19.3 Å². The molecule has 1 nitrogen and oxygen atoms in total. The fourth-order valence-corrected chi connectivity index (χ4v) is 1.94. The van der Waals surface area contributed by atoms with Crippen molar-refractivity contribution in [3.05, 3.63) is 12.2 Å². The standard InChI is InChI=1S/C10H18O/c1-8(2)6-9-4-3-5-10(11)7-9/h9-11H,1,3-7H2,2H3. The predicted molar refractivity (Wildman–Crippen MR) is 47.4 cm³/mol. The minimum Gasteiger partial charge on any atom is -0.393 e. The molecule has 1 aliphatic rings. The molecule has 1 aliphatic carbocycles. The molecule has 0 bridgehead atoms. The highest BCUT2D eigenvalue weighted by molar-refractivity contribution is 4.91. The average Bonchev–Trinajstić information content (AvgIpc) is 1.85. The summed E-state index contributed by atoms with van der Waals surface area (Å²) in [5.41, 5.74) is 1.25. The van der Waals surface area contributed by atoms with Crippen molar-refractivity contribution in [2.75, 3.05) is 0 Å². The van der Waals surface area contributed by atoms with Crippen LogP contribution in [0.5, 0.6) is 0 Å². The summed E-state index contributed by atoms with van der Waals surface area (Å²) < 4.78 is 0. The molecule has 0 spiro atoms. The maximum absolute atomic E-state index is 9.36. The summed E-state index contributed by atoms with van der Waals surface area (Å²) in [7, 11) is 0. The van der Waals surface area contributed by atoms with Gasteiger partial charge in [-0.05, 0) is 38.5 Å². The van der Waals surface area contributed by atoms with E-state index in [9.17, 15) is 5.11 Å². The number of hydrogen-bond donors (Lipinski definition) is 1. The van der Waals surface area contributed by atoms with E-state index in [4.69, 9.17) is 0 Å². The Morgan fingerprint density at radius 1 is 1.55 bits per heavy atom. The molecule has 0 amide bonds.